The Labute approximate surface area is 160 Å². The number of hydrogen-bond donors (Lipinski definition) is 1. The minimum atomic E-state index is -1.03. The van der Waals surface area contributed by atoms with Crippen LogP contribution in [-0.2, 0) is 5.60 Å². The van der Waals surface area contributed by atoms with Crippen molar-refractivity contribution < 1.29 is 14.4 Å². The lowest BCUT2D eigenvalue weighted by Crippen LogP contribution is -2.45. The van der Waals surface area contributed by atoms with E-state index in [9.17, 15) is 9.90 Å². The van der Waals surface area contributed by atoms with E-state index in [1.54, 1.807) is 13.8 Å². The zero-order valence-corrected chi connectivity index (χ0v) is 16.3. The maximum atomic E-state index is 13.3. The molecule has 1 aromatic carbocycles. The van der Waals surface area contributed by atoms with Gasteiger partial charge in [0.15, 0.2) is 0 Å². The summed E-state index contributed by atoms with van der Waals surface area (Å²) < 4.78 is 5.52. The molecule has 1 amide bonds. The van der Waals surface area contributed by atoms with Gasteiger partial charge in [-0.2, -0.15) is 0 Å². The molecule has 2 fully saturated rings. The number of likely N-dealkylation sites (tertiary alicyclic amines) is 1. The van der Waals surface area contributed by atoms with Crippen LogP contribution in [0.3, 0.4) is 0 Å². The summed E-state index contributed by atoms with van der Waals surface area (Å²) in [4.78, 5) is 15.3. The monoisotopic (exact) mass is 368 g/mol. The largest absolute Gasteiger partial charge is 0.384 e. The first-order chi connectivity index (χ1) is 12.8. The lowest BCUT2D eigenvalue weighted by molar-refractivity contribution is 0.0594. The fraction of sp³-hybridized carbons (Fsp3) is 0.545. The molecular weight excluding hydrogens is 340 g/mol. The molecule has 1 aliphatic carbocycles. The number of rotatable bonds is 4. The molecule has 4 rings (SSSR count). The van der Waals surface area contributed by atoms with Crippen LogP contribution in [0.15, 0.2) is 34.9 Å². The number of aromatic nitrogens is 1. The minimum absolute atomic E-state index is 0.113. The number of amides is 1. The van der Waals surface area contributed by atoms with Crippen LogP contribution in [0.25, 0.3) is 0 Å². The predicted octanol–water partition coefficient (Wildman–Crippen LogP) is 4.19. The van der Waals surface area contributed by atoms with E-state index in [4.69, 9.17) is 4.52 Å². The molecule has 0 bridgehead atoms. The Morgan fingerprint density at radius 3 is 2.56 bits per heavy atom. The average molecular weight is 368 g/mol. The summed E-state index contributed by atoms with van der Waals surface area (Å²) in [7, 11) is 0. The number of piperidine rings is 1. The zero-order chi connectivity index (χ0) is 19.2. The molecule has 0 spiro atoms. The smallest absolute Gasteiger partial charge is 0.254 e. The number of aliphatic hydroxyl groups is 1. The van der Waals surface area contributed by atoms with Gasteiger partial charge in [-0.25, -0.2) is 0 Å². The van der Waals surface area contributed by atoms with E-state index in [0.717, 1.165) is 24.2 Å². The van der Waals surface area contributed by atoms with Crippen LogP contribution in [-0.4, -0.2) is 33.7 Å². The van der Waals surface area contributed by atoms with Gasteiger partial charge in [-0.3, -0.25) is 4.79 Å². The average Bonchev–Trinajstić information content (AvgIpc) is 3.36. The molecule has 144 valence electrons. The second-order valence-electron chi connectivity index (χ2n) is 8.62. The van der Waals surface area contributed by atoms with E-state index in [0.29, 0.717) is 18.2 Å². The number of carbonyl (C=O) groups excluding carboxylic acids is 1. The minimum Gasteiger partial charge on any atom is -0.384 e. The highest BCUT2D eigenvalue weighted by Gasteiger charge is 2.35. The fourth-order valence-corrected chi connectivity index (χ4v) is 3.99. The van der Waals surface area contributed by atoms with Gasteiger partial charge in [0.1, 0.15) is 17.1 Å². The highest BCUT2D eigenvalue weighted by atomic mass is 16.5. The van der Waals surface area contributed by atoms with E-state index < -0.39 is 5.60 Å². The molecule has 0 radical (unpaired) electrons. The molecule has 5 heteroatoms. The highest BCUT2D eigenvalue weighted by molar-refractivity contribution is 5.96. The lowest BCUT2D eigenvalue weighted by atomic mass is 9.89. The SMILES string of the molecule is C[C@@H]1CC[C@@H](c2cc(C(C)(C)O)no2)CN1C(=O)c1ccccc1C1CC1. The normalized spacial score (nSPS) is 23.5. The van der Waals surface area contributed by atoms with Crippen LogP contribution in [0, 0.1) is 0 Å². The maximum absolute atomic E-state index is 13.3. The maximum Gasteiger partial charge on any atom is 0.254 e. The van der Waals surface area contributed by atoms with Gasteiger partial charge in [0, 0.05) is 30.1 Å². The third-order valence-electron chi connectivity index (χ3n) is 5.91. The van der Waals surface area contributed by atoms with Gasteiger partial charge in [-0.05, 0) is 64.0 Å². The van der Waals surface area contributed by atoms with Crippen molar-refractivity contribution in [3.8, 4) is 0 Å². The van der Waals surface area contributed by atoms with Gasteiger partial charge in [0.2, 0.25) is 0 Å². The number of carbonyl (C=O) groups is 1. The molecule has 2 aromatic rings. The molecule has 2 heterocycles. The van der Waals surface area contributed by atoms with Crippen molar-refractivity contribution in [2.45, 2.75) is 69.9 Å². The Hall–Kier alpha value is -2.14. The second-order valence-corrected chi connectivity index (χ2v) is 8.62. The van der Waals surface area contributed by atoms with Crippen LogP contribution in [0.4, 0.5) is 0 Å². The third-order valence-corrected chi connectivity index (χ3v) is 5.91. The third kappa shape index (κ3) is 3.65. The van der Waals surface area contributed by atoms with Crippen LogP contribution in [0.5, 0.6) is 0 Å². The predicted molar refractivity (Wildman–Crippen MR) is 103 cm³/mol. The van der Waals surface area contributed by atoms with Crippen LogP contribution >= 0.6 is 0 Å². The van der Waals surface area contributed by atoms with E-state index in [2.05, 4.69) is 18.1 Å². The summed E-state index contributed by atoms with van der Waals surface area (Å²) in [5.74, 6) is 1.54. The van der Waals surface area contributed by atoms with Gasteiger partial charge in [-0.1, -0.05) is 23.4 Å². The van der Waals surface area contributed by atoms with Gasteiger partial charge >= 0.3 is 0 Å². The summed E-state index contributed by atoms with van der Waals surface area (Å²) in [6.45, 7) is 6.14. The summed E-state index contributed by atoms with van der Waals surface area (Å²) >= 11 is 0. The quantitative estimate of drug-likeness (QED) is 0.879. The first kappa shape index (κ1) is 18.2. The van der Waals surface area contributed by atoms with E-state index in [-0.39, 0.29) is 17.9 Å². The lowest BCUT2D eigenvalue weighted by Gasteiger charge is -2.37. The van der Waals surface area contributed by atoms with Gasteiger partial charge < -0.3 is 14.5 Å². The van der Waals surface area contributed by atoms with Gasteiger partial charge in [-0.15, -0.1) is 0 Å². The van der Waals surface area contributed by atoms with Crippen LogP contribution in [0.1, 0.15) is 85.7 Å². The van der Waals surface area contributed by atoms with Crippen molar-refractivity contribution in [3.63, 3.8) is 0 Å². The van der Waals surface area contributed by atoms with Crippen LogP contribution < -0.4 is 0 Å². The molecular formula is C22H28N2O3. The van der Waals surface area contributed by atoms with Crippen molar-refractivity contribution >= 4 is 5.91 Å². The van der Waals surface area contributed by atoms with Crippen molar-refractivity contribution in [1.29, 1.82) is 0 Å². The van der Waals surface area contributed by atoms with Crippen molar-refractivity contribution in [2.75, 3.05) is 6.54 Å². The standard InChI is InChI=1S/C22H28N2O3/c1-14-8-9-16(19-12-20(23-27-19)22(2,3)26)13-24(14)21(25)18-7-5-4-6-17(18)15-10-11-15/h4-7,12,14-16,26H,8-11,13H2,1-3H3/t14-,16-/m1/s1. The number of hydrogen-bond acceptors (Lipinski definition) is 4. The first-order valence-electron chi connectivity index (χ1n) is 9.94. The van der Waals surface area contributed by atoms with Crippen molar-refractivity contribution in [2.24, 2.45) is 0 Å². The summed E-state index contributed by atoms with van der Waals surface area (Å²) in [5, 5.41) is 14.2. The second kappa shape index (κ2) is 6.79. The van der Waals surface area contributed by atoms with E-state index in [1.807, 2.05) is 29.2 Å². The molecule has 1 saturated carbocycles. The summed E-state index contributed by atoms with van der Waals surface area (Å²) in [6, 6.07) is 10.1. The molecule has 1 aromatic heterocycles. The molecule has 2 aliphatic rings. The van der Waals surface area contributed by atoms with E-state index in [1.165, 1.54) is 18.4 Å². The Kier molecular flexibility index (Phi) is 4.58. The first-order valence-corrected chi connectivity index (χ1v) is 9.94. The Morgan fingerprint density at radius 2 is 1.89 bits per heavy atom. The van der Waals surface area contributed by atoms with E-state index >= 15 is 0 Å². The van der Waals surface area contributed by atoms with Gasteiger partial charge in [0.25, 0.3) is 5.91 Å². The Bertz CT molecular complexity index is 832. The molecule has 1 aliphatic heterocycles. The van der Waals surface area contributed by atoms with Gasteiger partial charge in [0.05, 0.1) is 0 Å². The summed E-state index contributed by atoms with van der Waals surface area (Å²) in [6.07, 6.45) is 4.25. The molecule has 2 atom stereocenters. The Morgan fingerprint density at radius 1 is 1.19 bits per heavy atom. The molecule has 27 heavy (non-hydrogen) atoms. The summed E-state index contributed by atoms with van der Waals surface area (Å²) in [5.41, 5.74) is 1.55. The number of nitrogens with zero attached hydrogens (tertiary/aromatic N) is 2. The number of benzene rings is 1. The molecule has 1 N–H and O–H groups in total. The molecule has 1 saturated heterocycles. The Balaban J connectivity index is 1.56. The highest BCUT2D eigenvalue weighted by Crippen LogP contribution is 2.42. The van der Waals surface area contributed by atoms with Crippen molar-refractivity contribution in [1.82, 2.24) is 10.1 Å². The fourth-order valence-electron chi connectivity index (χ4n) is 3.99. The van der Waals surface area contributed by atoms with Crippen LogP contribution in [0.2, 0.25) is 0 Å². The topological polar surface area (TPSA) is 66.6 Å². The molecule has 5 nitrogen and oxygen atoms in total. The zero-order valence-electron chi connectivity index (χ0n) is 16.3. The molecule has 0 unspecified atom stereocenters. The van der Waals surface area contributed by atoms with Crippen molar-refractivity contribution in [3.05, 3.63) is 52.9 Å².